The molecule has 0 amide bonds. The number of phenolic OH excluding ortho intramolecular Hbond substituents is 1. The second-order valence-electron chi connectivity index (χ2n) is 3.91. The molecule has 0 bridgehead atoms. The lowest BCUT2D eigenvalue weighted by Crippen LogP contribution is -1.85. The normalized spacial score (nSPS) is 11.0. The quantitative estimate of drug-likeness (QED) is 0.767. The minimum atomic E-state index is 0.254. The van der Waals surface area contributed by atoms with Crippen LogP contribution in [0.4, 0.5) is 0 Å². The second kappa shape index (κ2) is 4.39. The van der Waals surface area contributed by atoms with E-state index in [2.05, 4.69) is 13.0 Å². The zero-order chi connectivity index (χ0) is 10.7. The lowest BCUT2D eigenvalue weighted by atomic mass is 10.1. The van der Waals surface area contributed by atoms with Crippen LogP contribution in [0.2, 0.25) is 0 Å². The Bertz CT molecular complexity index is 443. The highest BCUT2D eigenvalue weighted by Crippen LogP contribution is 2.27. The maximum absolute atomic E-state index is 9.70. The van der Waals surface area contributed by atoms with Crippen molar-refractivity contribution >= 4 is 11.0 Å². The Morgan fingerprint density at radius 2 is 2.13 bits per heavy atom. The van der Waals surface area contributed by atoms with E-state index in [0.29, 0.717) is 5.58 Å². The molecule has 2 rings (SSSR count). The molecule has 0 aliphatic heterocycles. The van der Waals surface area contributed by atoms with Gasteiger partial charge < -0.3 is 9.52 Å². The number of aryl methyl sites for hydroxylation is 1. The minimum absolute atomic E-state index is 0.254. The van der Waals surface area contributed by atoms with Gasteiger partial charge >= 0.3 is 0 Å². The summed E-state index contributed by atoms with van der Waals surface area (Å²) < 4.78 is 5.18. The highest BCUT2D eigenvalue weighted by molar-refractivity contribution is 5.83. The largest absolute Gasteiger partial charge is 0.504 e. The monoisotopic (exact) mass is 204 g/mol. The summed E-state index contributed by atoms with van der Waals surface area (Å²) in [4.78, 5) is 0. The zero-order valence-electron chi connectivity index (χ0n) is 8.99. The summed E-state index contributed by atoms with van der Waals surface area (Å²) in [6.45, 7) is 2.19. The summed E-state index contributed by atoms with van der Waals surface area (Å²) >= 11 is 0. The Labute approximate surface area is 89.5 Å². The molecule has 0 saturated heterocycles. The van der Waals surface area contributed by atoms with E-state index in [9.17, 15) is 5.11 Å². The van der Waals surface area contributed by atoms with E-state index in [1.165, 1.54) is 24.8 Å². The molecule has 0 spiro atoms. The first-order valence-corrected chi connectivity index (χ1v) is 5.50. The van der Waals surface area contributed by atoms with Gasteiger partial charge in [0.25, 0.3) is 0 Å². The van der Waals surface area contributed by atoms with E-state index < -0.39 is 0 Å². The average Bonchev–Trinajstić information content (AvgIpc) is 2.66. The fraction of sp³-hybridized carbons (Fsp3) is 0.385. The third kappa shape index (κ3) is 2.14. The molecule has 1 aromatic carbocycles. The van der Waals surface area contributed by atoms with Crippen LogP contribution in [0.15, 0.2) is 28.9 Å². The first-order valence-electron chi connectivity index (χ1n) is 5.50. The van der Waals surface area contributed by atoms with E-state index in [0.717, 1.165) is 11.8 Å². The van der Waals surface area contributed by atoms with Gasteiger partial charge in [0.2, 0.25) is 0 Å². The van der Waals surface area contributed by atoms with Gasteiger partial charge in [-0.1, -0.05) is 19.8 Å². The summed E-state index contributed by atoms with van der Waals surface area (Å²) in [5.74, 6) is 0.254. The van der Waals surface area contributed by atoms with Crippen molar-refractivity contribution in [2.75, 3.05) is 0 Å². The van der Waals surface area contributed by atoms with Crippen molar-refractivity contribution in [1.29, 1.82) is 0 Å². The Kier molecular flexibility index (Phi) is 2.95. The zero-order valence-corrected chi connectivity index (χ0v) is 8.99. The van der Waals surface area contributed by atoms with Crippen LogP contribution in [0.1, 0.15) is 31.7 Å². The molecular weight excluding hydrogens is 188 g/mol. The van der Waals surface area contributed by atoms with E-state index in [1.54, 1.807) is 6.26 Å². The van der Waals surface area contributed by atoms with Crippen LogP contribution in [0.25, 0.3) is 11.0 Å². The maximum atomic E-state index is 9.70. The first kappa shape index (κ1) is 10.1. The van der Waals surface area contributed by atoms with Gasteiger partial charge in [0.15, 0.2) is 11.3 Å². The van der Waals surface area contributed by atoms with Gasteiger partial charge in [0, 0.05) is 5.39 Å². The van der Waals surface area contributed by atoms with E-state index >= 15 is 0 Å². The summed E-state index contributed by atoms with van der Waals surface area (Å²) in [5, 5.41) is 10.7. The average molecular weight is 204 g/mol. The van der Waals surface area contributed by atoms with Gasteiger partial charge in [0.1, 0.15) is 0 Å². The maximum Gasteiger partial charge on any atom is 0.175 e. The lowest BCUT2D eigenvalue weighted by Gasteiger charge is -2.02. The summed E-state index contributed by atoms with van der Waals surface area (Å²) in [6, 6.07) is 5.79. The SMILES string of the molecule is CCCCCc1cc(O)c2occc2c1. The first-order chi connectivity index (χ1) is 7.31. The second-order valence-corrected chi connectivity index (χ2v) is 3.91. The predicted octanol–water partition coefficient (Wildman–Crippen LogP) is 3.87. The number of hydrogen-bond donors (Lipinski definition) is 1. The van der Waals surface area contributed by atoms with Crippen LogP contribution >= 0.6 is 0 Å². The van der Waals surface area contributed by atoms with E-state index in [4.69, 9.17) is 4.42 Å². The van der Waals surface area contributed by atoms with Gasteiger partial charge in [-0.05, 0) is 36.6 Å². The molecule has 0 fully saturated rings. The Hall–Kier alpha value is -1.44. The molecule has 2 heteroatoms. The number of hydrogen-bond acceptors (Lipinski definition) is 2. The lowest BCUT2D eigenvalue weighted by molar-refractivity contribution is 0.464. The fourth-order valence-corrected chi connectivity index (χ4v) is 1.85. The molecule has 0 radical (unpaired) electrons. The molecule has 0 aliphatic carbocycles. The van der Waals surface area contributed by atoms with Gasteiger partial charge in [-0.2, -0.15) is 0 Å². The number of benzene rings is 1. The molecular formula is C13H16O2. The van der Waals surface area contributed by atoms with Crippen LogP contribution in [-0.2, 0) is 6.42 Å². The molecule has 1 aromatic heterocycles. The van der Waals surface area contributed by atoms with E-state index in [-0.39, 0.29) is 5.75 Å². The minimum Gasteiger partial charge on any atom is -0.504 e. The number of phenols is 1. The third-order valence-corrected chi connectivity index (χ3v) is 2.66. The van der Waals surface area contributed by atoms with Crippen molar-refractivity contribution in [3.05, 3.63) is 30.0 Å². The molecule has 2 aromatic rings. The Balaban J connectivity index is 2.21. The standard InChI is InChI=1S/C13H16O2/c1-2-3-4-5-10-8-11-6-7-15-13(11)12(14)9-10/h6-9,14H,2-5H2,1H3. The van der Waals surface area contributed by atoms with Crippen molar-refractivity contribution in [3.63, 3.8) is 0 Å². The topological polar surface area (TPSA) is 33.4 Å². The van der Waals surface area contributed by atoms with Crippen LogP contribution in [0, 0.1) is 0 Å². The fourth-order valence-electron chi connectivity index (χ4n) is 1.85. The number of unbranched alkanes of at least 4 members (excludes halogenated alkanes) is 2. The Morgan fingerprint density at radius 1 is 1.27 bits per heavy atom. The summed E-state index contributed by atoms with van der Waals surface area (Å²) in [5.41, 5.74) is 1.78. The molecule has 2 nitrogen and oxygen atoms in total. The molecule has 0 aliphatic rings. The van der Waals surface area contributed by atoms with Gasteiger partial charge in [0.05, 0.1) is 6.26 Å². The van der Waals surface area contributed by atoms with Crippen molar-refractivity contribution in [1.82, 2.24) is 0 Å². The van der Waals surface area contributed by atoms with Crippen molar-refractivity contribution in [2.45, 2.75) is 32.6 Å². The number of fused-ring (bicyclic) bond motifs is 1. The highest BCUT2D eigenvalue weighted by Gasteiger charge is 2.05. The molecule has 80 valence electrons. The number of aromatic hydroxyl groups is 1. The van der Waals surface area contributed by atoms with Crippen molar-refractivity contribution < 1.29 is 9.52 Å². The van der Waals surface area contributed by atoms with Gasteiger partial charge in [-0.3, -0.25) is 0 Å². The number of furan rings is 1. The summed E-state index contributed by atoms with van der Waals surface area (Å²) in [6.07, 6.45) is 6.28. The van der Waals surface area contributed by atoms with Crippen LogP contribution in [-0.4, -0.2) is 5.11 Å². The van der Waals surface area contributed by atoms with Gasteiger partial charge in [-0.15, -0.1) is 0 Å². The smallest absolute Gasteiger partial charge is 0.175 e. The van der Waals surface area contributed by atoms with Crippen molar-refractivity contribution in [2.24, 2.45) is 0 Å². The van der Waals surface area contributed by atoms with E-state index in [1.807, 2.05) is 12.1 Å². The summed E-state index contributed by atoms with van der Waals surface area (Å²) in [7, 11) is 0. The Morgan fingerprint density at radius 3 is 2.93 bits per heavy atom. The van der Waals surface area contributed by atoms with Crippen LogP contribution in [0.5, 0.6) is 5.75 Å². The molecule has 0 saturated carbocycles. The van der Waals surface area contributed by atoms with Crippen LogP contribution < -0.4 is 0 Å². The molecule has 0 unspecified atom stereocenters. The molecule has 1 N–H and O–H groups in total. The van der Waals surface area contributed by atoms with Crippen molar-refractivity contribution in [3.8, 4) is 5.75 Å². The van der Waals surface area contributed by atoms with Crippen LogP contribution in [0.3, 0.4) is 0 Å². The molecule has 1 heterocycles. The highest BCUT2D eigenvalue weighted by atomic mass is 16.3. The molecule has 15 heavy (non-hydrogen) atoms. The molecule has 0 atom stereocenters. The van der Waals surface area contributed by atoms with Gasteiger partial charge in [-0.25, -0.2) is 0 Å². The third-order valence-electron chi connectivity index (χ3n) is 2.66. The number of rotatable bonds is 4. The predicted molar refractivity (Wildman–Crippen MR) is 61.1 cm³/mol.